The fourth-order valence-corrected chi connectivity index (χ4v) is 2.74. The van der Waals surface area contributed by atoms with Crippen LogP contribution in [0.5, 0.6) is 0 Å². The Labute approximate surface area is 157 Å². The first kappa shape index (κ1) is 19.4. The number of benzene rings is 2. The highest BCUT2D eigenvalue weighted by molar-refractivity contribution is 6.11. The van der Waals surface area contributed by atoms with Crippen LogP contribution in [0.25, 0.3) is 0 Å². The summed E-state index contributed by atoms with van der Waals surface area (Å²) in [5, 5.41) is 2.32. The van der Waals surface area contributed by atoms with E-state index in [1.165, 1.54) is 19.1 Å². The van der Waals surface area contributed by atoms with E-state index in [0.717, 1.165) is 23.1 Å². The van der Waals surface area contributed by atoms with Crippen molar-refractivity contribution in [3.05, 3.63) is 59.7 Å². The predicted octanol–water partition coefficient (Wildman–Crippen LogP) is 3.24. The number of rotatable bonds is 3. The van der Waals surface area contributed by atoms with Crippen molar-refractivity contribution < 1.29 is 32.3 Å². The van der Waals surface area contributed by atoms with E-state index in [1.54, 1.807) is 18.2 Å². The Morgan fingerprint density at radius 1 is 1.14 bits per heavy atom. The van der Waals surface area contributed by atoms with Crippen molar-refractivity contribution in [2.24, 2.45) is 0 Å². The van der Waals surface area contributed by atoms with E-state index in [-0.39, 0.29) is 16.9 Å². The Balaban J connectivity index is 1.82. The summed E-state index contributed by atoms with van der Waals surface area (Å²) in [4.78, 5) is 37.7. The zero-order valence-corrected chi connectivity index (χ0v) is 14.6. The Morgan fingerprint density at radius 2 is 1.82 bits per heavy atom. The number of anilines is 2. The highest BCUT2D eigenvalue weighted by atomic mass is 19.4. The smallest absolute Gasteiger partial charge is 0.416 e. The minimum atomic E-state index is -4.59. The number of nitrogens with zero attached hydrogens (tertiary/aromatic N) is 1. The maximum absolute atomic E-state index is 12.9. The van der Waals surface area contributed by atoms with Crippen LogP contribution in [0.15, 0.2) is 48.5 Å². The third-order valence-electron chi connectivity index (χ3n) is 4.10. The second-order valence-corrected chi connectivity index (χ2v) is 6.12. The topological polar surface area (TPSA) is 75.7 Å². The Morgan fingerprint density at radius 3 is 2.46 bits per heavy atom. The SMILES string of the molecule is C[C@@H](OC(=O)c1ccccc1)C(=O)N1CC(=O)Nc2cc(C(F)(F)F)ccc21. The van der Waals surface area contributed by atoms with Gasteiger partial charge in [0.1, 0.15) is 6.54 Å². The van der Waals surface area contributed by atoms with Crippen molar-refractivity contribution in [1.29, 1.82) is 0 Å². The Hall–Kier alpha value is -3.36. The van der Waals surface area contributed by atoms with Crippen LogP contribution >= 0.6 is 0 Å². The van der Waals surface area contributed by atoms with Crippen molar-refractivity contribution in [1.82, 2.24) is 0 Å². The van der Waals surface area contributed by atoms with Gasteiger partial charge in [-0.15, -0.1) is 0 Å². The van der Waals surface area contributed by atoms with Gasteiger partial charge in [-0.25, -0.2) is 4.79 Å². The van der Waals surface area contributed by atoms with Crippen molar-refractivity contribution in [2.75, 3.05) is 16.8 Å². The molecule has 0 unspecified atom stereocenters. The molecule has 1 N–H and O–H groups in total. The molecule has 0 aromatic heterocycles. The molecule has 0 aliphatic carbocycles. The molecule has 9 heteroatoms. The first-order valence-corrected chi connectivity index (χ1v) is 8.25. The lowest BCUT2D eigenvalue weighted by Crippen LogP contribution is -2.47. The van der Waals surface area contributed by atoms with Crippen molar-refractivity contribution in [3.63, 3.8) is 0 Å². The summed E-state index contributed by atoms with van der Waals surface area (Å²) < 4.78 is 43.8. The van der Waals surface area contributed by atoms with Gasteiger partial charge in [-0.3, -0.25) is 14.5 Å². The van der Waals surface area contributed by atoms with E-state index < -0.39 is 42.2 Å². The van der Waals surface area contributed by atoms with Crippen LogP contribution < -0.4 is 10.2 Å². The number of hydrogen-bond acceptors (Lipinski definition) is 4. The van der Waals surface area contributed by atoms with Crippen molar-refractivity contribution >= 4 is 29.2 Å². The molecule has 6 nitrogen and oxygen atoms in total. The highest BCUT2D eigenvalue weighted by Crippen LogP contribution is 2.37. The van der Waals surface area contributed by atoms with Gasteiger partial charge >= 0.3 is 12.1 Å². The van der Waals surface area contributed by atoms with Crippen LogP contribution in [0.4, 0.5) is 24.5 Å². The lowest BCUT2D eigenvalue weighted by molar-refractivity contribution is -0.137. The monoisotopic (exact) mass is 392 g/mol. The van der Waals surface area contributed by atoms with Crippen LogP contribution in [0.2, 0.25) is 0 Å². The van der Waals surface area contributed by atoms with E-state index in [9.17, 15) is 27.6 Å². The minimum Gasteiger partial charge on any atom is -0.449 e. The molecule has 0 saturated carbocycles. The van der Waals surface area contributed by atoms with E-state index >= 15 is 0 Å². The van der Waals surface area contributed by atoms with Gasteiger partial charge in [-0.2, -0.15) is 13.2 Å². The Kier molecular flexibility index (Phi) is 5.08. The van der Waals surface area contributed by atoms with Crippen LogP contribution in [-0.2, 0) is 20.5 Å². The molecule has 1 aliphatic rings. The summed E-state index contributed by atoms with van der Waals surface area (Å²) in [6, 6.07) is 10.7. The zero-order valence-electron chi connectivity index (χ0n) is 14.6. The predicted molar refractivity (Wildman–Crippen MR) is 93.7 cm³/mol. The van der Waals surface area contributed by atoms with Gasteiger partial charge in [0.25, 0.3) is 5.91 Å². The normalized spacial score (nSPS) is 14.7. The third-order valence-corrected chi connectivity index (χ3v) is 4.10. The van der Waals surface area contributed by atoms with E-state index in [1.807, 2.05) is 0 Å². The van der Waals surface area contributed by atoms with Crippen LogP contribution in [0.3, 0.4) is 0 Å². The molecule has 2 aromatic rings. The highest BCUT2D eigenvalue weighted by Gasteiger charge is 2.35. The van der Waals surface area contributed by atoms with Crippen molar-refractivity contribution in [2.45, 2.75) is 19.2 Å². The van der Waals surface area contributed by atoms with Gasteiger partial charge in [-0.05, 0) is 37.3 Å². The van der Waals surface area contributed by atoms with E-state index in [2.05, 4.69) is 5.32 Å². The maximum Gasteiger partial charge on any atom is 0.416 e. The number of nitrogens with one attached hydrogen (secondary N) is 1. The zero-order chi connectivity index (χ0) is 20.5. The average molecular weight is 392 g/mol. The second-order valence-electron chi connectivity index (χ2n) is 6.12. The number of esters is 1. The molecule has 1 heterocycles. The molecule has 0 radical (unpaired) electrons. The summed E-state index contributed by atoms with van der Waals surface area (Å²) in [6.07, 6.45) is -5.83. The molecular formula is C19H15F3N2O4. The molecule has 0 fully saturated rings. The van der Waals surface area contributed by atoms with Gasteiger partial charge in [-0.1, -0.05) is 18.2 Å². The average Bonchev–Trinajstić information content (AvgIpc) is 2.66. The van der Waals surface area contributed by atoms with Crippen LogP contribution in [0.1, 0.15) is 22.8 Å². The Bertz CT molecular complexity index is 929. The molecule has 1 aliphatic heterocycles. The molecule has 2 amide bonds. The maximum atomic E-state index is 12.9. The second kappa shape index (κ2) is 7.34. The summed E-state index contributed by atoms with van der Waals surface area (Å²) >= 11 is 0. The first-order chi connectivity index (χ1) is 13.2. The fraction of sp³-hybridized carbons (Fsp3) is 0.211. The van der Waals surface area contributed by atoms with Gasteiger partial charge in [0.15, 0.2) is 6.10 Å². The number of carbonyl (C=O) groups is 3. The van der Waals surface area contributed by atoms with E-state index in [4.69, 9.17) is 4.74 Å². The number of halogens is 3. The largest absolute Gasteiger partial charge is 0.449 e. The third kappa shape index (κ3) is 3.98. The van der Waals surface area contributed by atoms with Gasteiger partial charge in [0, 0.05) is 0 Å². The molecule has 146 valence electrons. The fourth-order valence-electron chi connectivity index (χ4n) is 2.74. The minimum absolute atomic E-state index is 0.0974. The number of amides is 2. The number of ether oxygens (including phenoxy) is 1. The lowest BCUT2D eigenvalue weighted by Gasteiger charge is -2.31. The standard InChI is InChI=1S/C19H15F3N2O4/c1-11(28-18(27)12-5-3-2-4-6-12)17(26)24-10-16(25)23-14-9-13(19(20,21)22)7-8-15(14)24/h2-9,11H,10H2,1H3,(H,23,25)/t11-/m1/s1. The summed E-state index contributed by atoms with van der Waals surface area (Å²) in [5.74, 6) is -2.10. The number of hydrogen-bond donors (Lipinski definition) is 1. The van der Waals surface area contributed by atoms with Gasteiger partial charge in [0.05, 0.1) is 22.5 Å². The molecule has 0 saturated heterocycles. The first-order valence-electron chi connectivity index (χ1n) is 8.25. The quantitative estimate of drug-likeness (QED) is 0.814. The molecule has 3 rings (SSSR count). The van der Waals surface area contributed by atoms with E-state index in [0.29, 0.717) is 0 Å². The lowest BCUT2D eigenvalue weighted by atomic mass is 10.1. The number of alkyl halides is 3. The van der Waals surface area contributed by atoms with Crippen LogP contribution in [-0.4, -0.2) is 30.4 Å². The molecule has 28 heavy (non-hydrogen) atoms. The van der Waals surface area contributed by atoms with Crippen molar-refractivity contribution in [3.8, 4) is 0 Å². The van der Waals surface area contributed by atoms with Gasteiger partial charge in [0.2, 0.25) is 5.91 Å². The van der Waals surface area contributed by atoms with Crippen LogP contribution in [0, 0.1) is 0 Å². The molecule has 2 aromatic carbocycles. The summed E-state index contributed by atoms with van der Waals surface area (Å²) in [5.41, 5.74) is -0.751. The number of fused-ring (bicyclic) bond motifs is 1. The van der Waals surface area contributed by atoms with Gasteiger partial charge < -0.3 is 10.1 Å². The molecule has 1 atom stereocenters. The molecular weight excluding hydrogens is 377 g/mol. The molecule has 0 bridgehead atoms. The summed E-state index contributed by atoms with van der Waals surface area (Å²) in [7, 11) is 0. The summed E-state index contributed by atoms with van der Waals surface area (Å²) in [6.45, 7) is 0.934. The molecule has 0 spiro atoms. The number of carbonyl (C=O) groups excluding carboxylic acids is 3.